The van der Waals surface area contributed by atoms with Gasteiger partial charge >= 0.3 is 4.60 Å². The van der Waals surface area contributed by atoms with Gasteiger partial charge in [0.2, 0.25) is 0 Å². The number of hydrogen-bond donors (Lipinski definition) is 1. The van der Waals surface area contributed by atoms with Crippen molar-refractivity contribution in [2.24, 2.45) is 0 Å². The highest BCUT2D eigenvalue weighted by Gasteiger charge is 2.21. The molecule has 0 radical (unpaired) electrons. The first-order valence-corrected chi connectivity index (χ1v) is 4.70. The summed E-state index contributed by atoms with van der Waals surface area (Å²) >= 11 is 9.23. The third-order valence-electron chi connectivity index (χ3n) is 2.02. The van der Waals surface area contributed by atoms with E-state index in [4.69, 9.17) is 11.6 Å². The average molecular weight is 252 g/mol. The van der Waals surface area contributed by atoms with Gasteiger partial charge in [-0.1, -0.05) is 11.6 Å². The molecule has 0 aliphatic carbocycles. The van der Waals surface area contributed by atoms with Gasteiger partial charge in [0.25, 0.3) is 5.69 Å². The van der Waals surface area contributed by atoms with E-state index in [1.54, 1.807) is 6.92 Å². The number of halogens is 2. The second kappa shape index (κ2) is 3.23. The first kappa shape index (κ1) is 9.81. The van der Waals surface area contributed by atoms with Crippen LogP contribution in [0.2, 0.25) is 5.02 Å². The molecule has 0 aromatic carbocycles. The Labute approximate surface area is 84.9 Å². The van der Waals surface area contributed by atoms with Crippen LogP contribution in [0, 0.1) is 20.8 Å². The largest absolute Gasteiger partial charge is 0.302 e. The van der Waals surface area contributed by atoms with E-state index in [2.05, 4.69) is 15.9 Å². The molecule has 0 bridgehead atoms. The van der Waals surface area contributed by atoms with E-state index >= 15 is 0 Å². The molecule has 0 saturated heterocycles. The average Bonchev–Trinajstić information content (AvgIpc) is 2.08. The van der Waals surface area contributed by atoms with Gasteiger partial charge in [-0.3, -0.25) is 5.21 Å². The van der Waals surface area contributed by atoms with Crippen molar-refractivity contribution >= 4 is 27.5 Å². The quantitative estimate of drug-likeness (QED) is 0.428. The Bertz CT molecular complexity index is 233. The van der Waals surface area contributed by atoms with Gasteiger partial charge < -0.3 is 0 Å². The summed E-state index contributed by atoms with van der Waals surface area (Å²) in [5.41, 5.74) is 2.59. The van der Waals surface area contributed by atoms with Crippen molar-refractivity contribution in [3.63, 3.8) is 0 Å². The Morgan fingerprint density at radius 1 is 1.25 bits per heavy atom. The third-order valence-corrected chi connectivity index (χ3v) is 3.51. The van der Waals surface area contributed by atoms with Gasteiger partial charge in [-0.2, -0.15) is 0 Å². The first-order chi connectivity index (χ1) is 5.46. The number of aromatic nitrogens is 1. The van der Waals surface area contributed by atoms with Gasteiger partial charge in [0.15, 0.2) is 0 Å². The molecule has 0 spiro atoms. The van der Waals surface area contributed by atoms with Crippen molar-refractivity contribution in [2.75, 3.05) is 0 Å². The van der Waals surface area contributed by atoms with E-state index in [-0.39, 0.29) is 0 Å². The lowest BCUT2D eigenvalue weighted by Crippen LogP contribution is -2.37. The molecule has 0 saturated carbocycles. The molecule has 0 unspecified atom stereocenters. The summed E-state index contributed by atoms with van der Waals surface area (Å²) in [4.78, 5) is 0. The van der Waals surface area contributed by atoms with Crippen LogP contribution < -0.4 is 4.73 Å². The summed E-state index contributed by atoms with van der Waals surface area (Å²) in [6.07, 6.45) is 0. The van der Waals surface area contributed by atoms with E-state index in [9.17, 15) is 5.21 Å². The van der Waals surface area contributed by atoms with Gasteiger partial charge in [0, 0.05) is 33.1 Å². The third kappa shape index (κ3) is 1.31. The lowest BCUT2D eigenvalue weighted by molar-refractivity contribution is -0.917. The van der Waals surface area contributed by atoms with Crippen LogP contribution in [0.5, 0.6) is 0 Å². The molecule has 1 heterocycles. The van der Waals surface area contributed by atoms with Gasteiger partial charge in [0.05, 0.1) is 0 Å². The van der Waals surface area contributed by atoms with E-state index in [1.165, 1.54) is 0 Å². The molecule has 1 N–H and O–H groups in total. The van der Waals surface area contributed by atoms with Gasteiger partial charge in [-0.15, -0.1) is 0 Å². The van der Waals surface area contributed by atoms with Crippen molar-refractivity contribution in [1.82, 2.24) is 0 Å². The zero-order chi connectivity index (χ0) is 9.46. The number of pyridine rings is 1. The summed E-state index contributed by atoms with van der Waals surface area (Å²) in [5, 5.41) is 10.1. The molecule has 0 fully saturated rings. The molecule has 0 atom stereocenters. The van der Waals surface area contributed by atoms with E-state index < -0.39 is 0 Å². The van der Waals surface area contributed by atoms with Crippen LogP contribution in [0.25, 0.3) is 0 Å². The fourth-order valence-electron chi connectivity index (χ4n) is 0.990. The van der Waals surface area contributed by atoms with Gasteiger partial charge in [-0.05, 0) is 19.4 Å². The molecule has 0 aliphatic rings. The lowest BCUT2D eigenvalue weighted by Gasteiger charge is -2.03. The molecular formula is C8H10BrClNO+. The Morgan fingerprint density at radius 3 is 2.25 bits per heavy atom. The van der Waals surface area contributed by atoms with E-state index in [1.807, 2.05) is 13.8 Å². The SMILES string of the molecule is Cc1c(C)c(Br)[n+](O)c(C)c1Cl. The van der Waals surface area contributed by atoms with Crippen molar-refractivity contribution in [3.05, 3.63) is 26.4 Å². The molecule has 4 heteroatoms. The smallest absolute Gasteiger partial charge is 0.284 e. The molecule has 0 amide bonds. The van der Waals surface area contributed by atoms with Gasteiger partial charge in [0.1, 0.15) is 5.02 Å². The topological polar surface area (TPSA) is 24.1 Å². The Kier molecular flexibility index (Phi) is 2.64. The minimum Gasteiger partial charge on any atom is -0.284 e. The summed E-state index contributed by atoms with van der Waals surface area (Å²) in [7, 11) is 0. The summed E-state index contributed by atoms with van der Waals surface area (Å²) in [6, 6.07) is 0. The number of hydrogen-bond acceptors (Lipinski definition) is 1. The van der Waals surface area contributed by atoms with Crippen molar-refractivity contribution in [2.45, 2.75) is 20.8 Å². The lowest BCUT2D eigenvalue weighted by atomic mass is 10.1. The van der Waals surface area contributed by atoms with Crippen LogP contribution in [0.3, 0.4) is 0 Å². The highest BCUT2D eigenvalue weighted by Crippen LogP contribution is 2.24. The monoisotopic (exact) mass is 250 g/mol. The maximum Gasteiger partial charge on any atom is 0.302 e. The van der Waals surface area contributed by atoms with Crippen molar-refractivity contribution in [3.8, 4) is 0 Å². The fraction of sp³-hybridized carbons (Fsp3) is 0.375. The standard InChI is InChI=1S/C8H10BrClNO/c1-4-5(2)8(9)11(12)6(3)7(4)10/h12H,1-3H3/q+1. The number of nitrogens with zero attached hydrogens (tertiary/aromatic N) is 1. The van der Waals surface area contributed by atoms with E-state index in [0.29, 0.717) is 15.3 Å². The van der Waals surface area contributed by atoms with Crippen molar-refractivity contribution in [1.29, 1.82) is 0 Å². The summed E-state index contributed by atoms with van der Waals surface area (Å²) in [5.74, 6) is 0. The van der Waals surface area contributed by atoms with Crippen LogP contribution in [-0.4, -0.2) is 5.21 Å². The zero-order valence-corrected chi connectivity index (χ0v) is 9.49. The Morgan fingerprint density at radius 2 is 1.75 bits per heavy atom. The maximum atomic E-state index is 9.48. The molecular weight excluding hydrogens is 241 g/mol. The molecule has 1 rings (SSSR count). The van der Waals surface area contributed by atoms with Crippen LogP contribution in [-0.2, 0) is 0 Å². The molecule has 12 heavy (non-hydrogen) atoms. The minimum absolute atomic E-state index is 0.609. The molecule has 0 aliphatic heterocycles. The first-order valence-electron chi connectivity index (χ1n) is 3.53. The number of rotatable bonds is 0. The second-order valence-electron chi connectivity index (χ2n) is 2.75. The highest BCUT2D eigenvalue weighted by atomic mass is 79.9. The normalized spacial score (nSPS) is 10.4. The Hall–Kier alpha value is -0.280. The molecule has 2 nitrogen and oxygen atoms in total. The minimum atomic E-state index is 0.609. The predicted molar refractivity (Wildman–Crippen MR) is 50.7 cm³/mol. The highest BCUT2D eigenvalue weighted by molar-refractivity contribution is 9.10. The summed E-state index contributed by atoms with van der Waals surface area (Å²) in [6.45, 7) is 5.59. The van der Waals surface area contributed by atoms with E-state index in [0.717, 1.165) is 15.9 Å². The second-order valence-corrected chi connectivity index (χ2v) is 3.88. The fourth-order valence-corrected chi connectivity index (χ4v) is 1.77. The summed E-state index contributed by atoms with van der Waals surface area (Å²) < 4.78 is 1.70. The van der Waals surface area contributed by atoms with Crippen LogP contribution >= 0.6 is 27.5 Å². The Balaban J connectivity index is 3.60. The van der Waals surface area contributed by atoms with Crippen LogP contribution in [0.4, 0.5) is 0 Å². The van der Waals surface area contributed by atoms with Crippen molar-refractivity contribution < 1.29 is 9.94 Å². The molecule has 1 aromatic heterocycles. The van der Waals surface area contributed by atoms with Gasteiger partial charge in [-0.25, -0.2) is 0 Å². The van der Waals surface area contributed by atoms with Crippen LogP contribution in [0.15, 0.2) is 4.60 Å². The zero-order valence-electron chi connectivity index (χ0n) is 7.15. The molecule has 66 valence electrons. The van der Waals surface area contributed by atoms with Crippen LogP contribution in [0.1, 0.15) is 16.8 Å². The molecule has 1 aromatic rings. The predicted octanol–water partition coefficient (Wildman–Crippen LogP) is 2.55. The maximum absolute atomic E-state index is 9.48.